The fourth-order valence-corrected chi connectivity index (χ4v) is 0.539. The highest BCUT2D eigenvalue weighted by molar-refractivity contribution is 5.74. The Bertz CT molecular complexity index is 113. The van der Waals surface area contributed by atoms with Crippen LogP contribution in [-0.2, 0) is 9.53 Å². The second kappa shape index (κ2) is 6.12. The minimum absolute atomic E-state index is 0.0442. The third-order valence-electron chi connectivity index (χ3n) is 1.12. The van der Waals surface area contributed by atoms with Crippen LogP contribution in [0.1, 0.15) is 19.8 Å². The van der Waals surface area contributed by atoms with E-state index in [1.54, 1.807) is 0 Å². The molecule has 0 saturated carbocycles. The van der Waals surface area contributed by atoms with E-state index in [1.807, 2.05) is 6.92 Å². The summed E-state index contributed by atoms with van der Waals surface area (Å²) in [4.78, 5) is 10.7. The van der Waals surface area contributed by atoms with Crippen LogP contribution in [-0.4, -0.2) is 35.5 Å². The van der Waals surface area contributed by atoms with Crippen LogP contribution in [0.2, 0.25) is 0 Å². The number of carbonyl (C=O) groups is 1. The lowest BCUT2D eigenvalue weighted by molar-refractivity contribution is -0.154. The predicted molar refractivity (Wildman–Crippen MR) is 39.0 cm³/mol. The van der Waals surface area contributed by atoms with Crippen molar-refractivity contribution in [1.82, 2.24) is 0 Å². The van der Waals surface area contributed by atoms with E-state index < -0.39 is 12.1 Å². The summed E-state index contributed by atoms with van der Waals surface area (Å²) in [6, 6.07) is 0. The van der Waals surface area contributed by atoms with Crippen molar-refractivity contribution in [1.29, 1.82) is 0 Å². The molecule has 0 aliphatic heterocycles. The summed E-state index contributed by atoms with van der Waals surface area (Å²) in [7, 11) is 0. The predicted octanol–water partition coefficient (Wildman–Crippen LogP) is -0.317. The molecule has 0 aliphatic carbocycles. The number of aliphatic hydroxyl groups excluding tert-OH is 2. The average molecular weight is 162 g/mol. The van der Waals surface area contributed by atoms with Gasteiger partial charge in [-0.3, -0.25) is 0 Å². The van der Waals surface area contributed by atoms with Crippen molar-refractivity contribution < 1.29 is 19.7 Å². The molecule has 1 unspecified atom stereocenters. The summed E-state index contributed by atoms with van der Waals surface area (Å²) in [5, 5.41) is 17.3. The molecule has 4 nitrogen and oxygen atoms in total. The maximum absolute atomic E-state index is 10.7. The zero-order valence-electron chi connectivity index (χ0n) is 6.62. The molecule has 0 bridgehead atoms. The Morgan fingerprint density at radius 2 is 2.27 bits per heavy atom. The van der Waals surface area contributed by atoms with Gasteiger partial charge < -0.3 is 14.9 Å². The Kier molecular flexibility index (Phi) is 5.78. The van der Waals surface area contributed by atoms with Crippen molar-refractivity contribution in [2.75, 3.05) is 13.2 Å². The number of carbonyl (C=O) groups excluding carboxylic acids is 1. The van der Waals surface area contributed by atoms with Gasteiger partial charge >= 0.3 is 5.97 Å². The molecule has 0 fully saturated rings. The van der Waals surface area contributed by atoms with Crippen LogP contribution in [0, 0.1) is 0 Å². The van der Waals surface area contributed by atoms with Gasteiger partial charge in [-0.15, -0.1) is 0 Å². The van der Waals surface area contributed by atoms with E-state index in [0.29, 0.717) is 6.61 Å². The highest BCUT2D eigenvalue weighted by Crippen LogP contribution is 1.94. The van der Waals surface area contributed by atoms with Gasteiger partial charge in [0.25, 0.3) is 0 Å². The number of esters is 1. The first kappa shape index (κ1) is 10.4. The van der Waals surface area contributed by atoms with Crippen LogP contribution < -0.4 is 0 Å². The van der Waals surface area contributed by atoms with E-state index in [1.165, 1.54) is 0 Å². The summed E-state index contributed by atoms with van der Waals surface area (Å²) in [5.74, 6) is -0.652. The van der Waals surface area contributed by atoms with E-state index in [-0.39, 0.29) is 13.0 Å². The van der Waals surface area contributed by atoms with E-state index in [4.69, 9.17) is 10.2 Å². The van der Waals surface area contributed by atoms with Gasteiger partial charge in [0.1, 0.15) is 0 Å². The van der Waals surface area contributed by atoms with Crippen LogP contribution in [0.5, 0.6) is 0 Å². The highest BCUT2D eigenvalue weighted by Gasteiger charge is 2.14. The fraction of sp³-hybridized carbons (Fsp3) is 0.857. The number of hydrogen-bond acceptors (Lipinski definition) is 4. The van der Waals surface area contributed by atoms with Crippen molar-refractivity contribution in [3.8, 4) is 0 Å². The third-order valence-corrected chi connectivity index (χ3v) is 1.12. The first-order valence-electron chi connectivity index (χ1n) is 3.68. The molecule has 0 aromatic heterocycles. The Morgan fingerprint density at radius 1 is 1.64 bits per heavy atom. The molecule has 0 saturated heterocycles. The van der Waals surface area contributed by atoms with Gasteiger partial charge in [0.2, 0.25) is 0 Å². The van der Waals surface area contributed by atoms with Crippen LogP contribution in [0.4, 0.5) is 0 Å². The normalized spacial score (nSPS) is 12.6. The lowest BCUT2D eigenvalue weighted by Gasteiger charge is -2.07. The largest absolute Gasteiger partial charge is 0.464 e. The molecule has 2 N–H and O–H groups in total. The number of hydrogen-bond donors (Lipinski definition) is 2. The molecule has 0 amide bonds. The topological polar surface area (TPSA) is 66.8 Å². The highest BCUT2D eigenvalue weighted by atomic mass is 16.5. The van der Waals surface area contributed by atoms with Crippen molar-refractivity contribution in [2.24, 2.45) is 0 Å². The van der Waals surface area contributed by atoms with Crippen molar-refractivity contribution >= 4 is 5.97 Å². The molecular formula is C7H14O4. The smallest absolute Gasteiger partial charge is 0.335 e. The lowest BCUT2D eigenvalue weighted by atomic mass is 10.3. The molecule has 1 atom stereocenters. The summed E-state index contributed by atoms with van der Waals surface area (Å²) in [6.07, 6.45) is -0.397. The van der Waals surface area contributed by atoms with Crippen LogP contribution in [0.3, 0.4) is 0 Å². The summed E-state index contributed by atoms with van der Waals surface area (Å²) in [5.41, 5.74) is 0. The van der Waals surface area contributed by atoms with Gasteiger partial charge in [0, 0.05) is 13.0 Å². The molecule has 11 heavy (non-hydrogen) atoms. The van der Waals surface area contributed by atoms with Gasteiger partial charge in [-0.25, -0.2) is 4.79 Å². The van der Waals surface area contributed by atoms with Crippen LogP contribution in [0.15, 0.2) is 0 Å². The Labute approximate surface area is 65.8 Å². The Morgan fingerprint density at radius 3 is 2.73 bits per heavy atom. The van der Waals surface area contributed by atoms with Gasteiger partial charge in [0.05, 0.1) is 6.61 Å². The second-order valence-electron chi connectivity index (χ2n) is 2.20. The molecule has 0 aromatic carbocycles. The van der Waals surface area contributed by atoms with E-state index in [2.05, 4.69) is 4.74 Å². The van der Waals surface area contributed by atoms with E-state index in [0.717, 1.165) is 6.42 Å². The molecule has 0 rings (SSSR count). The van der Waals surface area contributed by atoms with Gasteiger partial charge in [-0.2, -0.15) is 0 Å². The van der Waals surface area contributed by atoms with Crippen molar-refractivity contribution in [3.63, 3.8) is 0 Å². The minimum Gasteiger partial charge on any atom is -0.464 e. The quantitative estimate of drug-likeness (QED) is 0.544. The molecular weight excluding hydrogens is 148 g/mol. The zero-order valence-corrected chi connectivity index (χ0v) is 6.62. The standard InChI is InChI=1S/C7H14O4/c1-2-5-11-7(10)6(9)3-4-8/h6,8-9H,2-5H2,1H3. The Balaban J connectivity index is 3.47. The van der Waals surface area contributed by atoms with Crippen molar-refractivity contribution in [3.05, 3.63) is 0 Å². The first-order chi connectivity index (χ1) is 5.22. The lowest BCUT2D eigenvalue weighted by Crippen LogP contribution is -2.24. The molecule has 0 radical (unpaired) electrons. The molecule has 0 spiro atoms. The van der Waals surface area contributed by atoms with Gasteiger partial charge in [-0.05, 0) is 6.42 Å². The molecule has 66 valence electrons. The maximum atomic E-state index is 10.7. The minimum atomic E-state index is -1.17. The molecule has 0 aromatic rings. The van der Waals surface area contributed by atoms with Gasteiger partial charge in [0.15, 0.2) is 6.10 Å². The summed E-state index contributed by atoms with van der Waals surface area (Å²) < 4.78 is 4.61. The zero-order chi connectivity index (χ0) is 8.69. The molecule has 0 aliphatic rings. The van der Waals surface area contributed by atoms with E-state index >= 15 is 0 Å². The Hall–Kier alpha value is -0.610. The third kappa shape index (κ3) is 4.75. The van der Waals surface area contributed by atoms with Gasteiger partial charge in [-0.1, -0.05) is 6.92 Å². The SMILES string of the molecule is CCCOC(=O)C(O)CCO. The number of rotatable bonds is 5. The average Bonchev–Trinajstić information content (AvgIpc) is 2.00. The van der Waals surface area contributed by atoms with Crippen molar-refractivity contribution in [2.45, 2.75) is 25.9 Å². The summed E-state index contributed by atoms with van der Waals surface area (Å²) in [6.45, 7) is 1.98. The molecule has 4 heteroatoms. The monoisotopic (exact) mass is 162 g/mol. The first-order valence-corrected chi connectivity index (χ1v) is 3.68. The molecule has 0 heterocycles. The van der Waals surface area contributed by atoms with Crippen LogP contribution >= 0.6 is 0 Å². The fourth-order valence-electron chi connectivity index (χ4n) is 0.539. The number of aliphatic hydroxyl groups is 2. The van der Waals surface area contributed by atoms with E-state index in [9.17, 15) is 4.79 Å². The maximum Gasteiger partial charge on any atom is 0.335 e. The number of ether oxygens (including phenoxy) is 1. The van der Waals surface area contributed by atoms with Crippen LogP contribution in [0.25, 0.3) is 0 Å². The second-order valence-corrected chi connectivity index (χ2v) is 2.20. The summed E-state index contributed by atoms with van der Waals surface area (Å²) >= 11 is 0.